The summed E-state index contributed by atoms with van der Waals surface area (Å²) in [5.41, 5.74) is 1.33. The van der Waals surface area contributed by atoms with Crippen molar-refractivity contribution in [3.8, 4) is 0 Å². The van der Waals surface area contributed by atoms with Gasteiger partial charge in [-0.05, 0) is 31.4 Å². The minimum Gasteiger partial charge on any atom is -0.355 e. The molecule has 3 atom stereocenters. The lowest BCUT2D eigenvalue weighted by Crippen LogP contribution is -2.38. The van der Waals surface area contributed by atoms with Crippen molar-refractivity contribution in [1.82, 2.24) is 20.4 Å². The van der Waals surface area contributed by atoms with E-state index in [4.69, 9.17) is 4.52 Å². The van der Waals surface area contributed by atoms with Crippen LogP contribution in [0, 0.1) is 5.92 Å². The number of fused-ring (bicyclic) bond motifs is 1. The van der Waals surface area contributed by atoms with Crippen LogP contribution in [0.25, 0.3) is 0 Å². The normalized spacial score (nSPS) is 25.3. The molecule has 0 spiro atoms. The Balaban J connectivity index is 1.36. The van der Waals surface area contributed by atoms with E-state index < -0.39 is 0 Å². The van der Waals surface area contributed by atoms with E-state index in [1.807, 2.05) is 13.0 Å². The van der Waals surface area contributed by atoms with E-state index in [0.29, 0.717) is 30.9 Å². The lowest BCUT2D eigenvalue weighted by atomic mass is 9.93. The van der Waals surface area contributed by atoms with Crippen LogP contribution in [-0.2, 0) is 17.6 Å². The number of aryl methyl sites for hydroxylation is 1. The Kier molecular flexibility index (Phi) is 5.02. The zero-order valence-electron chi connectivity index (χ0n) is 15.2. The molecule has 2 aromatic rings. The zero-order chi connectivity index (χ0) is 17.9. The molecule has 2 fully saturated rings. The molecule has 1 N–H and O–H groups in total. The number of hydrogen-bond donors (Lipinski definition) is 1. The lowest BCUT2D eigenvalue weighted by Gasteiger charge is -2.24. The van der Waals surface area contributed by atoms with E-state index in [0.717, 1.165) is 31.6 Å². The summed E-state index contributed by atoms with van der Waals surface area (Å²) in [7, 11) is 0. The van der Waals surface area contributed by atoms with Crippen molar-refractivity contribution in [2.24, 2.45) is 5.92 Å². The molecule has 2 saturated heterocycles. The Morgan fingerprint density at radius 3 is 2.96 bits per heavy atom. The summed E-state index contributed by atoms with van der Waals surface area (Å²) in [6.07, 6.45) is 4.55. The highest BCUT2D eigenvalue weighted by molar-refractivity contribution is 5.80. The van der Waals surface area contributed by atoms with Crippen molar-refractivity contribution < 1.29 is 9.32 Å². The van der Waals surface area contributed by atoms with Crippen LogP contribution in [0.1, 0.15) is 49.5 Å². The molecular formula is C20H26N4O2. The summed E-state index contributed by atoms with van der Waals surface area (Å²) in [4.78, 5) is 19.6. The van der Waals surface area contributed by atoms with Gasteiger partial charge in [-0.2, -0.15) is 4.98 Å². The van der Waals surface area contributed by atoms with Crippen LogP contribution < -0.4 is 5.32 Å². The summed E-state index contributed by atoms with van der Waals surface area (Å²) in [6.45, 7) is 3.63. The third-order valence-electron chi connectivity index (χ3n) is 5.67. The topological polar surface area (TPSA) is 71.3 Å². The van der Waals surface area contributed by atoms with Gasteiger partial charge in [-0.1, -0.05) is 42.4 Å². The molecule has 138 valence electrons. The lowest BCUT2D eigenvalue weighted by molar-refractivity contribution is -0.125. The number of nitrogens with one attached hydrogen (secondary N) is 1. The van der Waals surface area contributed by atoms with Gasteiger partial charge in [-0.15, -0.1) is 0 Å². The van der Waals surface area contributed by atoms with Gasteiger partial charge in [-0.25, -0.2) is 0 Å². The molecule has 1 amide bonds. The van der Waals surface area contributed by atoms with Crippen LogP contribution in [0.3, 0.4) is 0 Å². The number of rotatable bonds is 6. The van der Waals surface area contributed by atoms with Crippen molar-refractivity contribution in [3.63, 3.8) is 0 Å². The first-order valence-electron chi connectivity index (χ1n) is 9.66. The van der Waals surface area contributed by atoms with Crippen LogP contribution in [0.2, 0.25) is 0 Å². The molecule has 0 radical (unpaired) electrons. The van der Waals surface area contributed by atoms with E-state index in [9.17, 15) is 4.79 Å². The number of aromatic nitrogens is 2. The summed E-state index contributed by atoms with van der Waals surface area (Å²) >= 11 is 0. The van der Waals surface area contributed by atoms with Crippen LogP contribution in [0.5, 0.6) is 0 Å². The molecule has 3 heterocycles. The maximum atomic E-state index is 12.8. The Morgan fingerprint density at radius 2 is 2.19 bits per heavy atom. The van der Waals surface area contributed by atoms with E-state index in [1.165, 1.54) is 12.0 Å². The summed E-state index contributed by atoms with van der Waals surface area (Å²) in [5.74, 6) is 1.54. The van der Waals surface area contributed by atoms with E-state index in [-0.39, 0.29) is 11.8 Å². The van der Waals surface area contributed by atoms with Gasteiger partial charge in [0.25, 0.3) is 0 Å². The summed E-state index contributed by atoms with van der Waals surface area (Å²) in [6, 6.07) is 11.3. The predicted octanol–water partition coefficient (Wildman–Crippen LogP) is 2.52. The van der Waals surface area contributed by atoms with Gasteiger partial charge >= 0.3 is 0 Å². The van der Waals surface area contributed by atoms with Crippen LogP contribution in [0.15, 0.2) is 34.9 Å². The Hall–Kier alpha value is -2.21. The highest BCUT2D eigenvalue weighted by atomic mass is 16.5. The van der Waals surface area contributed by atoms with E-state index in [1.54, 1.807) is 0 Å². The second-order valence-corrected chi connectivity index (χ2v) is 7.22. The van der Waals surface area contributed by atoms with Crippen molar-refractivity contribution >= 4 is 5.91 Å². The van der Waals surface area contributed by atoms with Gasteiger partial charge in [0.15, 0.2) is 5.82 Å². The summed E-state index contributed by atoms with van der Waals surface area (Å²) < 4.78 is 5.19. The average Bonchev–Trinajstić information content (AvgIpc) is 3.38. The predicted molar refractivity (Wildman–Crippen MR) is 97.4 cm³/mol. The highest BCUT2D eigenvalue weighted by Gasteiger charge is 2.46. The first-order valence-corrected chi connectivity index (χ1v) is 9.66. The first kappa shape index (κ1) is 17.2. The Bertz CT molecular complexity index is 745. The highest BCUT2D eigenvalue weighted by Crippen LogP contribution is 2.44. The van der Waals surface area contributed by atoms with Gasteiger partial charge in [0.2, 0.25) is 11.8 Å². The largest absolute Gasteiger partial charge is 0.355 e. The molecule has 6 heteroatoms. The number of nitrogens with zero attached hydrogens (tertiary/aromatic N) is 3. The second kappa shape index (κ2) is 7.58. The SMILES string of the molecule is CCc1noc(CCNC(=O)[C@H]2C[C@@H](c3ccccc3)N3CCC[C@H]23)n1. The Morgan fingerprint density at radius 1 is 1.35 bits per heavy atom. The van der Waals surface area contributed by atoms with Crippen molar-refractivity contribution in [2.45, 2.75) is 51.1 Å². The minimum atomic E-state index is 0.0663. The number of benzene rings is 1. The van der Waals surface area contributed by atoms with E-state index >= 15 is 0 Å². The van der Waals surface area contributed by atoms with Crippen molar-refractivity contribution in [2.75, 3.05) is 13.1 Å². The van der Waals surface area contributed by atoms with Crippen molar-refractivity contribution in [3.05, 3.63) is 47.6 Å². The number of carbonyl (C=O) groups is 1. The fourth-order valence-corrected chi connectivity index (χ4v) is 4.41. The zero-order valence-corrected chi connectivity index (χ0v) is 15.2. The average molecular weight is 354 g/mol. The third kappa shape index (κ3) is 3.38. The molecule has 0 bridgehead atoms. The molecule has 4 rings (SSSR count). The first-order chi connectivity index (χ1) is 12.8. The molecule has 0 saturated carbocycles. The molecule has 2 aliphatic rings. The standard InChI is InChI=1S/C20H26N4O2/c1-2-18-22-19(26-23-18)10-11-21-20(25)15-13-17(14-7-4-3-5-8-14)24-12-6-9-16(15)24/h3-5,7-8,15-17H,2,6,9-13H2,1H3,(H,21,25)/t15-,16+,17-/m0/s1. The second-order valence-electron chi connectivity index (χ2n) is 7.22. The molecule has 2 aliphatic heterocycles. The van der Waals surface area contributed by atoms with Gasteiger partial charge in [0, 0.05) is 31.5 Å². The maximum Gasteiger partial charge on any atom is 0.228 e. The molecule has 6 nitrogen and oxygen atoms in total. The van der Waals surface area contributed by atoms with Crippen LogP contribution in [0.4, 0.5) is 0 Å². The van der Waals surface area contributed by atoms with Crippen LogP contribution in [-0.4, -0.2) is 40.1 Å². The molecular weight excluding hydrogens is 328 g/mol. The molecule has 0 unspecified atom stereocenters. The van der Waals surface area contributed by atoms with Crippen LogP contribution >= 0.6 is 0 Å². The number of hydrogen-bond acceptors (Lipinski definition) is 5. The van der Waals surface area contributed by atoms with Crippen molar-refractivity contribution in [1.29, 1.82) is 0 Å². The number of amides is 1. The van der Waals surface area contributed by atoms with Gasteiger partial charge < -0.3 is 9.84 Å². The monoisotopic (exact) mass is 354 g/mol. The minimum absolute atomic E-state index is 0.0663. The summed E-state index contributed by atoms with van der Waals surface area (Å²) in [5, 5.41) is 6.98. The molecule has 0 aliphatic carbocycles. The maximum absolute atomic E-state index is 12.8. The number of carbonyl (C=O) groups excluding carboxylic acids is 1. The van der Waals surface area contributed by atoms with Gasteiger partial charge in [0.1, 0.15) is 0 Å². The quantitative estimate of drug-likeness (QED) is 0.863. The smallest absolute Gasteiger partial charge is 0.228 e. The molecule has 1 aromatic carbocycles. The molecule has 26 heavy (non-hydrogen) atoms. The van der Waals surface area contributed by atoms with E-state index in [2.05, 4.69) is 44.6 Å². The molecule has 1 aromatic heterocycles. The van der Waals surface area contributed by atoms with Gasteiger partial charge in [0.05, 0.1) is 5.92 Å². The van der Waals surface area contributed by atoms with Gasteiger partial charge in [-0.3, -0.25) is 9.69 Å². The fraction of sp³-hybridized carbons (Fsp3) is 0.550. The fourth-order valence-electron chi connectivity index (χ4n) is 4.41. The Labute approximate surface area is 154 Å². The third-order valence-corrected chi connectivity index (χ3v) is 5.67.